The lowest BCUT2D eigenvalue weighted by atomic mass is 9.81. The van der Waals surface area contributed by atoms with Crippen molar-refractivity contribution in [2.24, 2.45) is 11.8 Å². The molecule has 3 amide bonds. The highest BCUT2D eigenvalue weighted by Crippen LogP contribution is 2.38. The van der Waals surface area contributed by atoms with Crippen LogP contribution in [0.2, 0.25) is 0 Å². The van der Waals surface area contributed by atoms with Gasteiger partial charge in [-0.05, 0) is 25.3 Å². The number of esters is 1. The highest BCUT2D eigenvalue weighted by molar-refractivity contribution is 6.07. The first kappa shape index (κ1) is 22.2. The molecule has 1 aromatic carbocycles. The third-order valence-corrected chi connectivity index (χ3v) is 5.58. The Morgan fingerprint density at radius 3 is 2.35 bits per heavy atom. The molecule has 0 bridgehead atoms. The summed E-state index contributed by atoms with van der Waals surface area (Å²) in [5.41, 5.74) is 0.436. The number of imide groups is 1. The maximum absolute atomic E-state index is 12.4. The van der Waals surface area contributed by atoms with Crippen LogP contribution in [0.4, 0.5) is 11.4 Å². The van der Waals surface area contributed by atoms with E-state index in [1.807, 2.05) is 0 Å². The van der Waals surface area contributed by atoms with Gasteiger partial charge in [0.1, 0.15) is 6.54 Å². The standard InChI is InChI=1S/C20H23N3O8/c1-11-7-15(23(28)29)16(30-2)8-14(11)21-17(24)10-31-18(25)9-22-19(26)12-5-3-4-6-13(12)20(22)27/h7-8,12-13H,3-6,9-10H2,1-2H3,(H,21,24)/t12-,13-/m1/s1. The summed E-state index contributed by atoms with van der Waals surface area (Å²) in [6.07, 6.45) is 3.04. The van der Waals surface area contributed by atoms with Gasteiger partial charge in [-0.15, -0.1) is 0 Å². The maximum Gasteiger partial charge on any atom is 0.326 e. The van der Waals surface area contributed by atoms with E-state index in [-0.39, 0.29) is 40.8 Å². The van der Waals surface area contributed by atoms with E-state index in [2.05, 4.69) is 5.32 Å². The summed E-state index contributed by atoms with van der Waals surface area (Å²) in [6, 6.07) is 2.56. The van der Waals surface area contributed by atoms with Crippen molar-refractivity contribution in [1.82, 2.24) is 4.90 Å². The SMILES string of the molecule is COc1cc(NC(=O)COC(=O)CN2C(=O)[C@@H]3CCCC[C@H]3C2=O)c(C)cc1[N+](=O)[O-]. The number of nitrogens with one attached hydrogen (secondary N) is 1. The van der Waals surface area contributed by atoms with Crippen molar-refractivity contribution in [3.8, 4) is 5.75 Å². The lowest BCUT2D eigenvalue weighted by Gasteiger charge is -2.19. The van der Waals surface area contributed by atoms with Gasteiger partial charge in [0.15, 0.2) is 12.4 Å². The average molecular weight is 433 g/mol. The van der Waals surface area contributed by atoms with Crippen molar-refractivity contribution < 1.29 is 33.6 Å². The Labute approximate surface area is 177 Å². The Morgan fingerprint density at radius 1 is 1.19 bits per heavy atom. The zero-order chi connectivity index (χ0) is 22.7. The van der Waals surface area contributed by atoms with Gasteiger partial charge < -0.3 is 14.8 Å². The second kappa shape index (κ2) is 9.11. The molecule has 1 heterocycles. The summed E-state index contributed by atoms with van der Waals surface area (Å²) in [7, 11) is 1.27. The smallest absolute Gasteiger partial charge is 0.326 e. The number of carbonyl (C=O) groups excluding carboxylic acids is 4. The average Bonchev–Trinajstić information content (AvgIpc) is 2.98. The largest absolute Gasteiger partial charge is 0.490 e. The second-order valence-electron chi connectivity index (χ2n) is 7.57. The van der Waals surface area contributed by atoms with E-state index < -0.39 is 30.0 Å². The van der Waals surface area contributed by atoms with Crippen molar-refractivity contribution in [3.63, 3.8) is 0 Å². The van der Waals surface area contributed by atoms with Gasteiger partial charge in [0.25, 0.3) is 5.91 Å². The molecule has 2 fully saturated rings. The van der Waals surface area contributed by atoms with Gasteiger partial charge in [-0.1, -0.05) is 12.8 Å². The Bertz CT molecular complexity index is 921. The predicted molar refractivity (Wildman–Crippen MR) is 106 cm³/mol. The molecule has 1 N–H and O–H groups in total. The van der Waals surface area contributed by atoms with Crippen molar-refractivity contribution in [2.45, 2.75) is 32.6 Å². The van der Waals surface area contributed by atoms with E-state index >= 15 is 0 Å². The molecule has 1 aliphatic carbocycles. The number of benzene rings is 1. The van der Waals surface area contributed by atoms with E-state index in [0.29, 0.717) is 18.4 Å². The minimum Gasteiger partial charge on any atom is -0.490 e. The van der Waals surface area contributed by atoms with Crippen LogP contribution in [0.1, 0.15) is 31.2 Å². The Balaban J connectivity index is 1.55. The molecule has 1 saturated heterocycles. The monoisotopic (exact) mass is 433 g/mol. The van der Waals surface area contributed by atoms with Crippen LogP contribution in [0.5, 0.6) is 5.75 Å². The Kier molecular flexibility index (Phi) is 6.52. The molecule has 2 aliphatic rings. The number of anilines is 1. The van der Waals surface area contributed by atoms with Crippen LogP contribution in [0, 0.1) is 28.9 Å². The molecule has 2 atom stereocenters. The molecule has 0 aromatic heterocycles. The van der Waals surface area contributed by atoms with E-state index in [0.717, 1.165) is 17.7 Å². The number of likely N-dealkylation sites (tertiary alicyclic amines) is 1. The molecule has 0 spiro atoms. The zero-order valence-electron chi connectivity index (χ0n) is 17.2. The first-order chi connectivity index (χ1) is 14.7. The van der Waals surface area contributed by atoms with Crippen LogP contribution in [0.15, 0.2) is 12.1 Å². The minimum atomic E-state index is -0.867. The summed E-state index contributed by atoms with van der Waals surface area (Å²) in [5.74, 6) is -3.02. The molecule has 166 valence electrons. The van der Waals surface area contributed by atoms with Gasteiger partial charge >= 0.3 is 11.7 Å². The predicted octanol–water partition coefficient (Wildman–Crippen LogP) is 1.57. The summed E-state index contributed by atoms with van der Waals surface area (Å²) in [5, 5.41) is 13.5. The topological polar surface area (TPSA) is 145 Å². The number of aryl methyl sites for hydroxylation is 1. The van der Waals surface area contributed by atoms with Crippen LogP contribution in [-0.2, 0) is 23.9 Å². The number of carbonyl (C=O) groups is 4. The fraction of sp³-hybridized carbons (Fsp3) is 0.500. The first-order valence-corrected chi connectivity index (χ1v) is 9.86. The van der Waals surface area contributed by atoms with E-state index in [9.17, 15) is 29.3 Å². The number of methoxy groups -OCH3 is 1. The van der Waals surface area contributed by atoms with Crippen molar-refractivity contribution in [1.29, 1.82) is 0 Å². The summed E-state index contributed by atoms with van der Waals surface area (Å²) in [6.45, 7) is 0.404. The summed E-state index contributed by atoms with van der Waals surface area (Å²) < 4.78 is 9.88. The van der Waals surface area contributed by atoms with Gasteiger partial charge in [-0.2, -0.15) is 0 Å². The minimum absolute atomic E-state index is 0.0320. The van der Waals surface area contributed by atoms with Crippen LogP contribution in [0.3, 0.4) is 0 Å². The van der Waals surface area contributed by atoms with Gasteiger partial charge in [-0.25, -0.2) is 0 Å². The highest BCUT2D eigenvalue weighted by atomic mass is 16.6. The third-order valence-electron chi connectivity index (χ3n) is 5.58. The Hall–Kier alpha value is -3.50. The molecule has 11 heteroatoms. The Morgan fingerprint density at radius 2 is 1.81 bits per heavy atom. The third kappa shape index (κ3) is 4.65. The van der Waals surface area contributed by atoms with E-state index in [1.54, 1.807) is 6.92 Å². The fourth-order valence-corrected chi connectivity index (χ4v) is 4.01. The molecule has 1 aromatic rings. The first-order valence-electron chi connectivity index (χ1n) is 9.86. The van der Waals surface area contributed by atoms with Crippen molar-refractivity contribution in [3.05, 3.63) is 27.8 Å². The van der Waals surface area contributed by atoms with Gasteiger partial charge in [0, 0.05) is 17.8 Å². The van der Waals surface area contributed by atoms with Crippen LogP contribution in [-0.4, -0.2) is 53.8 Å². The number of nitro benzene ring substituents is 1. The fourth-order valence-electron chi connectivity index (χ4n) is 4.01. The second-order valence-corrected chi connectivity index (χ2v) is 7.57. The molecule has 1 aliphatic heterocycles. The normalized spacial score (nSPS) is 20.3. The molecule has 1 saturated carbocycles. The summed E-state index contributed by atoms with van der Waals surface area (Å²) >= 11 is 0. The quantitative estimate of drug-likeness (QED) is 0.295. The summed E-state index contributed by atoms with van der Waals surface area (Å²) in [4.78, 5) is 60.4. The molecular weight excluding hydrogens is 410 g/mol. The number of hydrogen-bond acceptors (Lipinski definition) is 8. The highest BCUT2D eigenvalue weighted by Gasteiger charge is 2.48. The zero-order valence-corrected chi connectivity index (χ0v) is 17.2. The van der Waals surface area contributed by atoms with Crippen LogP contribution < -0.4 is 10.1 Å². The lowest BCUT2D eigenvalue weighted by molar-refractivity contribution is -0.385. The number of nitrogens with zero attached hydrogens (tertiary/aromatic N) is 2. The lowest BCUT2D eigenvalue weighted by Crippen LogP contribution is -2.37. The van der Waals surface area contributed by atoms with Crippen LogP contribution >= 0.6 is 0 Å². The van der Waals surface area contributed by atoms with Gasteiger partial charge in [-0.3, -0.25) is 34.2 Å². The molecule has 3 rings (SSSR count). The number of ether oxygens (including phenoxy) is 2. The van der Waals surface area contributed by atoms with Gasteiger partial charge in [0.2, 0.25) is 11.8 Å². The number of fused-ring (bicyclic) bond motifs is 1. The van der Waals surface area contributed by atoms with E-state index in [1.165, 1.54) is 19.2 Å². The molecule has 0 radical (unpaired) electrons. The van der Waals surface area contributed by atoms with Crippen molar-refractivity contribution >= 4 is 35.1 Å². The molecule has 11 nitrogen and oxygen atoms in total. The molecule has 31 heavy (non-hydrogen) atoms. The maximum atomic E-state index is 12.4. The number of amides is 3. The van der Waals surface area contributed by atoms with Crippen LogP contribution in [0.25, 0.3) is 0 Å². The van der Waals surface area contributed by atoms with E-state index in [4.69, 9.17) is 9.47 Å². The number of nitro groups is 1. The molecular formula is C20H23N3O8. The number of rotatable bonds is 7. The molecule has 0 unspecified atom stereocenters. The van der Waals surface area contributed by atoms with Crippen molar-refractivity contribution in [2.75, 3.05) is 25.6 Å². The number of hydrogen-bond donors (Lipinski definition) is 1. The van der Waals surface area contributed by atoms with Gasteiger partial charge in [0.05, 0.1) is 23.9 Å².